The van der Waals surface area contributed by atoms with Crippen molar-refractivity contribution in [3.8, 4) is 0 Å². The normalized spacial score (nSPS) is 11.3. The zero-order valence-electron chi connectivity index (χ0n) is 13.0. The van der Waals surface area contributed by atoms with Crippen LogP contribution in [0, 0.1) is 6.92 Å². The summed E-state index contributed by atoms with van der Waals surface area (Å²) in [5.41, 5.74) is 0. The summed E-state index contributed by atoms with van der Waals surface area (Å²) in [5.74, 6) is 1.80. The molecule has 0 aliphatic carbocycles. The molecule has 20 heavy (non-hydrogen) atoms. The van der Waals surface area contributed by atoms with E-state index in [-0.39, 0.29) is 0 Å². The molecule has 0 bridgehead atoms. The number of hydrogen-bond donors (Lipinski definition) is 1. The van der Waals surface area contributed by atoms with Gasteiger partial charge in [0.2, 0.25) is 5.95 Å². The summed E-state index contributed by atoms with van der Waals surface area (Å²) in [7, 11) is 0. The van der Waals surface area contributed by atoms with Crippen LogP contribution < -0.4 is 10.2 Å². The van der Waals surface area contributed by atoms with Gasteiger partial charge in [-0.15, -0.1) is 11.3 Å². The SMILES string of the molecule is CCCNc1nc(N(CC)C(C)C)c2cc(C)sc2n1. The van der Waals surface area contributed by atoms with E-state index in [1.807, 2.05) is 0 Å². The molecule has 5 heteroatoms. The number of thiophene rings is 1. The van der Waals surface area contributed by atoms with Gasteiger partial charge in [-0.1, -0.05) is 6.92 Å². The van der Waals surface area contributed by atoms with Gasteiger partial charge in [-0.2, -0.15) is 4.98 Å². The summed E-state index contributed by atoms with van der Waals surface area (Å²) >= 11 is 1.74. The molecule has 2 rings (SSSR count). The fraction of sp³-hybridized carbons (Fsp3) is 0.600. The second-order valence-corrected chi connectivity index (χ2v) is 6.49. The van der Waals surface area contributed by atoms with Gasteiger partial charge >= 0.3 is 0 Å². The number of aromatic nitrogens is 2. The molecule has 110 valence electrons. The van der Waals surface area contributed by atoms with E-state index < -0.39 is 0 Å². The Morgan fingerprint density at radius 1 is 1.30 bits per heavy atom. The van der Waals surface area contributed by atoms with Crippen molar-refractivity contribution in [3.63, 3.8) is 0 Å². The topological polar surface area (TPSA) is 41.1 Å². The first-order valence-corrected chi connectivity index (χ1v) is 8.17. The quantitative estimate of drug-likeness (QED) is 0.872. The molecule has 0 radical (unpaired) electrons. The maximum atomic E-state index is 4.75. The van der Waals surface area contributed by atoms with Crippen molar-refractivity contribution in [2.24, 2.45) is 0 Å². The molecule has 4 nitrogen and oxygen atoms in total. The third-order valence-corrected chi connectivity index (χ3v) is 4.21. The van der Waals surface area contributed by atoms with Crippen LogP contribution in [0.25, 0.3) is 10.2 Å². The van der Waals surface area contributed by atoms with Crippen molar-refractivity contribution in [1.29, 1.82) is 0 Å². The highest BCUT2D eigenvalue weighted by Crippen LogP contribution is 2.32. The van der Waals surface area contributed by atoms with Crippen molar-refractivity contribution < 1.29 is 0 Å². The fourth-order valence-corrected chi connectivity index (χ4v) is 3.20. The Morgan fingerprint density at radius 3 is 2.65 bits per heavy atom. The van der Waals surface area contributed by atoms with E-state index in [2.05, 4.69) is 55.9 Å². The minimum atomic E-state index is 0.428. The number of hydrogen-bond acceptors (Lipinski definition) is 5. The Morgan fingerprint density at radius 2 is 2.05 bits per heavy atom. The van der Waals surface area contributed by atoms with Crippen molar-refractivity contribution >= 4 is 33.3 Å². The van der Waals surface area contributed by atoms with Crippen LogP contribution in [0.15, 0.2) is 6.07 Å². The average molecular weight is 292 g/mol. The molecule has 0 spiro atoms. The van der Waals surface area contributed by atoms with Crippen LogP contribution in [0.5, 0.6) is 0 Å². The van der Waals surface area contributed by atoms with Gasteiger partial charge in [-0.05, 0) is 40.2 Å². The number of fused-ring (bicyclic) bond motifs is 1. The first-order valence-electron chi connectivity index (χ1n) is 7.35. The van der Waals surface area contributed by atoms with Gasteiger partial charge in [-0.3, -0.25) is 0 Å². The van der Waals surface area contributed by atoms with Crippen LogP contribution in [0.1, 0.15) is 39.0 Å². The van der Waals surface area contributed by atoms with Gasteiger partial charge in [0.05, 0.1) is 5.39 Å². The molecule has 2 heterocycles. The van der Waals surface area contributed by atoms with Crippen molar-refractivity contribution in [2.45, 2.75) is 47.1 Å². The maximum absolute atomic E-state index is 4.75. The predicted octanol–water partition coefficient (Wildman–Crippen LogP) is 4.06. The third-order valence-electron chi connectivity index (χ3n) is 3.27. The van der Waals surface area contributed by atoms with Crippen molar-refractivity contribution in [2.75, 3.05) is 23.3 Å². The standard InChI is InChI=1S/C15H24N4S/c1-6-8-16-15-17-13(19(7-2)10(3)4)12-9-11(5)20-14(12)18-15/h9-10H,6-8H2,1-5H3,(H,16,17,18). The lowest BCUT2D eigenvalue weighted by atomic mass is 10.2. The molecule has 0 saturated heterocycles. The Hall–Kier alpha value is -1.36. The number of nitrogens with zero attached hydrogens (tertiary/aromatic N) is 3. The molecule has 0 aromatic carbocycles. The molecular weight excluding hydrogens is 268 g/mol. The zero-order chi connectivity index (χ0) is 14.7. The summed E-state index contributed by atoms with van der Waals surface area (Å²) in [6, 6.07) is 2.63. The molecule has 0 aliphatic heterocycles. The van der Waals surface area contributed by atoms with Crippen LogP contribution in [-0.4, -0.2) is 29.1 Å². The number of anilines is 2. The molecule has 0 atom stereocenters. The van der Waals surface area contributed by atoms with E-state index in [9.17, 15) is 0 Å². The summed E-state index contributed by atoms with van der Waals surface area (Å²) < 4.78 is 0. The van der Waals surface area contributed by atoms with E-state index in [1.54, 1.807) is 11.3 Å². The summed E-state index contributed by atoms with van der Waals surface area (Å²) in [4.78, 5) is 14.1. The van der Waals surface area contributed by atoms with E-state index >= 15 is 0 Å². The lowest BCUT2D eigenvalue weighted by Gasteiger charge is -2.27. The largest absolute Gasteiger partial charge is 0.354 e. The molecule has 2 aromatic heterocycles. The maximum Gasteiger partial charge on any atom is 0.226 e. The predicted molar refractivity (Wildman–Crippen MR) is 89.1 cm³/mol. The van der Waals surface area contributed by atoms with Crippen LogP contribution in [0.2, 0.25) is 0 Å². The molecule has 0 amide bonds. The number of rotatable bonds is 6. The van der Waals surface area contributed by atoms with Gasteiger partial charge in [0.25, 0.3) is 0 Å². The summed E-state index contributed by atoms with van der Waals surface area (Å²) in [6.45, 7) is 12.7. The van der Waals surface area contributed by atoms with Gasteiger partial charge in [0.15, 0.2) is 0 Å². The lowest BCUT2D eigenvalue weighted by molar-refractivity contribution is 0.696. The third kappa shape index (κ3) is 3.03. The fourth-order valence-electron chi connectivity index (χ4n) is 2.32. The Labute approximate surface area is 125 Å². The van der Waals surface area contributed by atoms with Crippen LogP contribution in [0.3, 0.4) is 0 Å². The first kappa shape index (κ1) is 15.0. The smallest absolute Gasteiger partial charge is 0.226 e. The molecule has 0 aliphatic rings. The highest BCUT2D eigenvalue weighted by Gasteiger charge is 2.17. The van der Waals surface area contributed by atoms with Crippen LogP contribution in [-0.2, 0) is 0 Å². The molecular formula is C15H24N4S. The highest BCUT2D eigenvalue weighted by atomic mass is 32.1. The number of aryl methyl sites for hydroxylation is 1. The minimum absolute atomic E-state index is 0.428. The Kier molecular flexibility index (Phi) is 4.81. The summed E-state index contributed by atoms with van der Waals surface area (Å²) in [5, 5.41) is 4.48. The first-order chi connectivity index (χ1) is 9.56. The van der Waals surface area contributed by atoms with E-state index in [4.69, 9.17) is 4.98 Å². The minimum Gasteiger partial charge on any atom is -0.354 e. The van der Waals surface area contributed by atoms with E-state index in [0.29, 0.717) is 6.04 Å². The van der Waals surface area contributed by atoms with Crippen LogP contribution in [0.4, 0.5) is 11.8 Å². The van der Waals surface area contributed by atoms with E-state index in [1.165, 1.54) is 10.3 Å². The average Bonchev–Trinajstić information content (AvgIpc) is 2.77. The monoisotopic (exact) mass is 292 g/mol. The number of nitrogens with one attached hydrogen (secondary N) is 1. The van der Waals surface area contributed by atoms with Gasteiger partial charge in [0, 0.05) is 24.0 Å². The second-order valence-electron chi connectivity index (χ2n) is 5.25. The van der Waals surface area contributed by atoms with Crippen LogP contribution >= 0.6 is 11.3 Å². The second kappa shape index (κ2) is 6.39. The summed E-state index contributed by atoms with van der Waals surface area (Å²) in [6.07, 6.45) is 1.07. The molecule has 0 saturated carbocycles. The Bertz CT molecular complexity index is 577. The molecule has 0 unspecified atom stereocenters. The van der Waals surface area contributed by atoms with Crippen molar-refractivity contribution in [3.05, 3.63) is 10.9 Å². The van der Waals surface area contributed by atoms with Gasteiger partial charge < -0.3 is 10.2 Å². The van der Waals surface area contributed by atoms with E-state index in [0.717, 1.165) is 36.1 Å². The van der Waals surface area contributed by atoms with Crippen molar-refractivity contribution in [1.82, 2.24) is 9.97 Å². The Balaban J connectivity index is 2.53. The van der Waals surface area contributed by atoms with Gasteiger partial charge in [0.1, 0.15) is 10.6 Å². The zero-order valence-corrected chi connectivity index (χ0v) is 13.8. The molecule has 2 aromatic rings. The highest BCUT2D eigenvalue weighted by molar-refractivity contribution is 7.18. The lowest BCUT2D eigenvalue weighted by Crippen LogP contribution is -2.31. The molecule has 1 N–H and O–H groups in total. The van der Waals surface area contributed by atoms with Gasteiger partial charge in [-0.25, -0.2) is 4.98 Å². The molecule has 0 fully saturated rings.